The number of anilines is 2. The molecular weight excluding hydrogens is 538 g/mol. The molecule has 3 amide bonds. The number of carbonyl (C=O) groups is 2. The Kier molecular flexibility index (Phi) is 7.81. The van der Waals surface area contributed by atoms with Gasteiger partial charge in [0.1, 0.15) is 5.82 Å². The van der Waals surface area contributed by atoms with Crippen molar-refractivity contribution in [2.45, 2.75) is 83.7 Å². The van der Waals surface area contributed by atoms with Crippen LogP contribution in [0.5, 0.6) is 0 Å². The molecule has 2 saturated heterocycles. The first kappa shape index (κ1) is 28.7. The third kappa shape index (κ3) is 6.35. The summed E-state index contributed by atoms with van der Waals surface area (Å²) in [6.07, 6.45) is 10.8. The Labute approximate surface area is 253 Å². The number of benzene rings is 2. The molecule has 9 heteroatoms. The largest absolute Gasteiger partial charge is 0.348 e. The van der Waals surface area contributed by atoms with E-state index in [9.17, 15) is 9.59 Å². The van der Waals surface area contributed by atoms with Gasteiger partial charge in [-0.25, -0.2) is 14.5 Å². The zero-order chi connectivity index (χ0) is 30.1. The van der Waals surface area contributed by atoms with E-state index in [0.29, 0.717) is 30.2 Å². The van der Waals surface area contributed by atoms with Crippen molar-refractivity contribution in [1.29, 1.82) is 0 Å². The van der Waals surface area contributed by atoms with Crippen LogP contribution in [-0.2, 0) is 23.1 Å². The third-order valence-corrected chi connectivity index (χ3v) is 8.84. The smallest absolute Gasteiger partial charge is 0.324 e. The average Bonchev–Trinajstić information content (AvgIpc) is 3.69. The van der Waals surface area contributed by atoms with Crippen molar-refractivity contribution in [3.63, 3.8) is 0 Å². The fourth-order valence-electron chi connectivity index (χ4n) is 6.73. The minimum Gasteiger partial charge on any atom is -0.348 e. The van der Waals surface area contributed by atoms with E-state index in [1.165, 1.54) is 5.56 Å². The first-order chi connectivity index (χ1) is 20.6. The van der Waals surface area contributed by atoms with E-state index in [1.807, 2.05) is 49.5 Å². The molecule has 2 aliphatic heterocycles. The van der Waals surface area contributed by atoms with Crippen LogP contribution in [0.1, 0.15) is 68.8 Å². The SMILES string of the molecule is Cc1ccc(-n2ncc(C(C)(C)C)c2NC(=O)Nc2ccc(CC3CC4CC[C@@H](C3)N4C(=O)Cc3cnc[nH]3)cc2)cc1. The number of aromatic amines is 1. The zero-order valence-corrected chi connectivity index (χ0v) is 25.4. The fourth-order valence-corrected chi connectivity index (χ4v) is 6.73. The number of aromatic nitrogens is 4. The van der Waals surface area contributed by atoms with E-state index in [0.717, 1.165) is 60.3 Å². The molecular formula is C34H41N7O2. The Morgan fingerprint density at radius 3 is 2.28 bits per heavy atom. The van der Waals surface area contributed by atoms with E-state index >= 15 is 0 Å². The summed E-state index contributed by atoms with van der Waals surface area (Å²) in [6.45, 7) is 8.38. The molecule has 0 radical (unpaired) electrons. The van der Waals surface area contributed by atoms with Crippen LogP contribution >= 0.6 is 0 Å². The standard InChI is InChI=1S/C34H41N7O2/c1-22-5-11-27(12-6-22)41-32(30(20-37-41)34(2,3)4)39-33(43)38-25-9-7-23(8-10-25)15-24-16-28-13-14-29(17-24)40(28)31(42)18-26-19-35-21-36-26/h5-12,19-21,24,28-29H,13-18H2,1-4H3,(H,35,36)(H2,38,39,43)/t24?,28-,29?/m0/s1. The van der Waals surface area contributed by atoms with Crippen LogP contribution in [0.15, 0.2) is 67.3 Å². The number of hydrogen-bond donors (Lipinski definition) is 3. The number of fused-ring (bicyclic) bond motifs is 2. The molecule has 2 fully saturated rings. The maximum absolute atomic E-state index is 13.2. The number of rotatable bonds is 7. The summed E-state index contributed by atoms with van der Waals surface area (Å²) >= 11 is 0. The number of H-pyrrole nitrogens is 1. The topological polar surface area (TPSA) is 108 Å². The Bertz CT molecular complexity index is 1550. The van der Waals surface area contributed by atoms with E-state index in [-0.39, 0.29) is 17.4 Å². The molecule has 4 aromatic rings. The highest BCUT2D eigenvalue weighted by Crippen LogP contribution is 2.40. The first-order valence-electron chi connectivity index (χ1n) is 15.2. The van der Waals surface area contributed by atoms with Crippen molar-refractivity contribution in [3.05, 3.63) is 89.6 Å². The third-order valence-electron chi connectivity index (χ3n) is 8.84. The second-order valence-electron chi connectivity index (χ2n) is 13.2. The summed E-state index contributed by atoms with van der Waals surface area (Å²) in [5.74, 6) is 1.42. The molecule has 3 N–H and O–H groups in total. The highest BCUT2D eigenvalue weighted by Gasteiger charge is 2.42. The number of nitrogens with one attached hydrogen (secondary N) is 3. The second kappa shape index (κ2) is 11.7. The zero-order valence-electron chi connectivity index (χ0n) is 25.4. The molecule has 3 atom stereocenters. The monoisotopic (exact) mass is 579 g/mol. The van der Waals surface area contributed by atoms with Gasteiger partial charge in [-0.15, -0.1) is 0 Å². The van der Waals surface area contributed by atoms with Crippen molar-refractivity contribution in [2.24, 2.45) is 5.92 Å². The molecule has 2 aromatic heterocycles. The van der Waals surface area contributed by atoms with Gasteiger partial charge in [-0.1, -0.05) is 50.6 Å². The van der Waals surface area contributed by atoms with Crippen LogP contribution in [0, 0.1) is 12.8 Å². The van der Waals surface area contributed by atoms with Crippen LogP contribution < -0.4 is 10.6 Å². The number of imidazole rings is 1. The molecule has 2 bridgehead atoms. The van der Waals surface area contributed by atoms with Gasteiger partial charge in [-0.2, -0.15) is 5.10 Å². The van der Waals surface area contributed by atoms with Crippen molar-refractivity contribution in [2.75, 3.05) is 10.6 Å². The minimum absolute atomic E-state index is 0.199. The summed E-state index contributed by atoms with van der Waals surface area (Å²) in [6, 6.07) is 16.6. The van der Waals surface area contributed by atoms with Crippen LogP contribution in [0.3, 0.4) is 0 Å². The molecule has 43 heavy (non-hydrogen) atoms. The van der Waals surface area contributed by atoms with Crippen LogP contribution in [0.2, 0.25) is 0 Å². The van der Waals surface area contributed by atoms with Gasteiger partial charge in [0.05, 0.1) is 24.6 Å². The van der Waals surface area contributed by atoms with E-state index in [1.54, 1.807) is 17.2 Å². The maximum Gasteiger partial charge on any atom is 0.324 e. The van der Waals surface area contributed by atoms with Gasteiger partial charge in [0, 0.05) is 35.2 Å². The Hall–Kier alpha value is -4.40. The quantitative estimate of drug-likeness (QED) is 0.235. The Morgan fingerprint density at radius 2 is 1.65 bits per heavy atom. The second-order valence-corrected chi connectivity index (χ2v) is 13.2. The molecule has 0 aliphatic carbocycles. The van der Waals surface area contributed by atoms with Gasteiger partial charge in [0.15, 0.2) is 0 Å². The fraction of sp³-hybridized carbons (Fsp3) is 0.412. The molecule has 224 valence electrons. The predicted molar refractivity (Wildman–Crippen MR) is 168 cm³/mol. The number of hydrogen-bond acceptors (Lipinski definition) is 4. The Balaban J connectivity index is 1.07. The van der Waals surface area contributed by atoms with Crippen molar-refractivity contribution in [1.82, 2.24) is 24.6 Å². The van der Waals surface area contributed by atoms with Crippen molar-refractivity contribution >= 4 is 23.4 Å². The van der Waals surface area contributed by atoms with Gasteiger partial charge in [-0.05, 0) is 80.2 Å². The number of aryl methyl sites for hydroxylation is 1. The number of urea groups is 1. The lowest BCUT2D eigenvalue weighted by Crippen LogP contribution is -2.47. The van der Waals surface area contributed by atoms with Gasteiger partial charge in [0.2, 0.25) is 5.91 Å². The highest BCUT2D eigenvalue weighted by atomic mass is 16.2. The van der Waals surface area contributed by atoms with Gasteiger partial charge in [0.25, 0.3) is 0 Å². The number of piperidine rings is 1. The molecule has 0 spiro atoms. The average molecular weight is 580 g/mol. The van der Waals surface area contributed by atoms with Crippen LogP contribution in [-0.4, -0.2) is 48.7 Å². The van der Waals surface area contributed by atoms with Gasteiger partial charge < -0.3 is 15.2 Å². The van der Waals surface area contributed by atoms with Gasteiger partial charge >= 0.3 is 6.03 Å². The Morgan fingerprint density at radius 1 is 0.953 bits per heavy atom. The normalized spacial score (nSPS) is 19.8. The predicted octanol–water partition coefficient (Wildman–Crippen LogP) is 6.40. The molecule has 2 aromatic carbocycles. The number of nitrogens with zero attached hydrogens (tertiary/aromatic N) is 4. The first-order valence-corrected chi connectivity index (χ1v) is 15.2. The molecule has 2 unspecified atom stereocenters. The van der Waals surface area contributed by atoms with Crippen LogP contribution in [0.4, 0.5) is 16.3 Å². The molecule has 0 saturated carbocycles. The lowest BCUT2D eigenvalue weighted by molar-refractivity contribution is -0.135. The van der Waals surface area contributed by atoms with E-state index in [4.69, 9.17) is 0 Å². The van der Waals surface area contributed by atoms with Crippen molar-refractivity contribution in [3.8, 4) is 5.69 Å². The molecule has 6 rings (SSSR count). The summed E-state index contributed by atoms with van der Waals surface area (Å²) in [7, 11) is 0. The summed E-state index contributed by atoms with van der Waals surface area (Å²) < 4.78 is 1.78. The summed E-state index contributed by atoms with van der Waals surface area (Å²) in [4.78, 5) is 35.4. The number of carbonyl (C=O) groups excluding carboxylic acids is 2. The molecule has 9 nitrogen and oxygen atoms in total. The highest BCUT2D eigenvalue weighted by molar-refractivity contribution is 6.00. The van der Waals surface area contributed by atoms with E-state index < -0.39 is 0 Å². The minimum atomic E-state index is -0.309. The molecule has 2 aliphatic rings. The number of amides is 3. The molecule has 4 heterocycles. The van der Waals surface area contributed by atoms with Crippen LogP contribution in [0.25, 0.3) is 5.69 Å². The van der Waals surface area contributed by atoms with Gasteiger partial charge in [-0.3, -0.25) is 10.1 Å². The lowest BCUT2D eigenvalue weighted by atomic mass is 9.85. The summed E-state index contributed by atoms with van der Waals surface area (Å²) in [5, 5.41) is 10.7. The summed E-state index contributed by atoms with van der Waals surface area (Å²) in [5.41, 5.74) is 5.68. The maximum atomic E-state index is 13.2. The van der Waals surface area contributed by atoms with Crippen molar-refractivity contribution < 1.29 is 9.59 Å². The lowest BCUT2D eigenvalue weighted by Gasteiger charge is -2.39. The van der Waals surface area contributed by atoms with E-state index in [2.05, 4.69) is 63.5 Å².